The Balaban J connectivity index is 1.28. The maximum Gasteiger partial charge on any atom is 0.416 e. The van der Waals surface area contributed by atoms with Crippen LogP contribution in [0.1, 0.15) is 24.0 Å². The summed E-state index contributed by atoms with van der Waals surface area (Å²) in [4.78, 5) is 27.5. The number of carbonyl (C=O) groups excluding carboxylic acids is 2. The third-order valence-electron chi connectivity index (χ3n) is 6.22. The molecule has 0 bridgehead atoms. The highest BCUT2D eigenvalue weighted by Crippen LogP contribution is 2.37. The molecule has 0 aromatic heterocycles. The van der Waals surface area contributed by atoms with Gasteiger partial charge in [-0.3, -0.25) is 14.5 Å². The Hall–Kier alpha value is -3.69. The Morgan fingerprint density at radius 2 is 1.61 bits per heavy atom. The van der Waals surface area contributed by atoms with Gasteiger partial charge in [0.1, 0.15) is 4.32 Å². The summed E-state index contributed by atoms with van der Waals surface area (Å²) in [5.74, 6) is -0.664. The van der Waals surface area contributed by atoms with Crippen LogP contribution in [0.5, 0.6) is 0 Å². The number of anilines is 1. The lowest BCUT2D eigenvalue weighted by atomic mass is 9.96. The molecule has 0 aliphatic carbocycles. The zero-order valence-electron chi connectivity index (χ0n) is 19.9. The molecule has 0 atom stereocenters. The van der Waals surface area contributed by atoms with Crippen molar-refractivity contribution >= 4 is 73.4 Å². The number of nitrogens with zero attached hydrogens (tertiary/aromatic N) is 1. The normalized spacial score (nSPS) is 15.1. The SMILES string of the molecule is O=C(CCCN1C(=O)/C(=C/c2c3ccccc3cc3ccccc23)SC1=S)Nc1cccc(C(F)(F)F)c1. The van der Waals surface area contributed by atoms with Crippen LogP contribution in [-0.4, -0.2) is 27.6 Å². The minimum atomic E-state index is -4.49. The van der Waals surface area contributed by atoms with Crippen LogP contribution < -0.4 is 5.32 Å². The van der Waals surface area contributed by atoms with Gasteiger partial charge in [0, 0.05) is 18.7 Å². The Bertz CT molecular complexity index is 1560. The Labute approximate surface area is 226 Å². The largest absolute Gasteiger partial charge is 0.416 e. The molecule has 0 unspecified atom stereocenters. The molecule has 9 heteroatoms. The van der Waals surface area contributed by atoms with Crippen molar-refractivity contribution in [1.82, 2.24) is 4.90 Å². The van der Waals surface area contributed by atoms with E-state index < -0.39 is 17.6 Å². The topological polar surface area (TPSA) is 49.4 Å². The lowest BCUT2D eigenvalue weighted by Gasteiger charge is -2.14. The van der Waals surface area contributed by atoms with E-state index in [0.29, 0.717) is 15.6 Å². The number of thioether (sulfide) groups is 1. The first kappa shape index (κ1) is 25.9. The maximum atomic E-state index is 13.2. The van der Waals surface area contributed by atoms with Gasteiger partial charge in [-0.05, 0) is 63.9 Å². The van der Waals surface area contributed by atoms with Crippen molar-refractivity contribution in [2.24, 2.45) is 0 Å². The smallest absolute Gasteiger partial charge is 0.326 e. The average Bonchev–Trinajstić information content (AvgIpc) is 3.15. The van der Waals surface area contributed by atoms with Crippen LogP contribution in [-0.2, 0) is 15.8 Å². The molecule has 1 heterocycles. The van der Waals surface area contributed by atoms with Crippen LogP contribution in [0.15, 0.2) is 83.8 Å². The van der Waals surface area contributed by atoms with E-state index in [1.54, 1.807) is 0 Å². The number of carbonyl (C=O) groups is 2. The molecule has 1 aliphatic rings. The monoisotopic (exact) mass is 550 g/mol. The zero-order valence-corrected chi connectivity index (χ0v) is 21.6. The van der Waals surface area contributed by atoms with Gasteiger partial charge in [0.15, 0.2) is 0 Å². The number of rotatable bonds is 6. The van der Waals surface area contributed by atoms with Gasteiger partial charge in [0.25, 0.3) is 5.91 Å². The van der Waals surface area contributed by atoms with Crippen molar-refractivity contribution in [3.63, 3.8) is 0 Å². The van der Waals surface area contributed by atoms with Crippen LogP contribution in [0.2, 0.25) is 0 Å². The Morgan fingerprint density at radius 1 is 0.947 bits per heavy atom. The van der Waals surface area contributed by atoms with E-state index in [1.807, 2.05) is 54.6 Å². The molecule has 1 N–H and O–H groups in total. The minimum Gasteiger partial charge on any atom is -0.326 e. The maximum absolute atomic E-state index is 13.2. The number of hydrogen-bond acceptors (Lipinski definition) is 4. The van der Waals surface area contributed by atoms with E-state index in [2.05, 4.69) is 11.4 Å². The molecule has 0 saturated carbocycles. The quantitative estimate of drug-likeness (QED) is 0.152. The number of halogens is 3. The van der Waals surface area contributed by atoms with Gasteiger partial charge in [-0.15, -0.1) is 0 Å². The number of nitrogens with one attached hydrogen (secondary N) is 1. The van der Waals surface area contributed by atoms with Crippen LogP contribution in [0, 0.1) is 0 Å². The van der Waals surface area contributed by atoms with Crippen molar-refractivity contribution < 1.29 is 22.8 Å². The second-order valence-corrected chi connectivity index (χ2v) is 10.5. The molecule has 0 radical (unpaired) electrons. The molecule has 1 aliphatic heterocycles. The van der Waals surface area contributed by atoms with Crippen molar-refractivity contribution in [3.05, 3.63) is 94.9 Å². The summed E-state index contributed by atoms with van der Waals surface area (Å²) in [6, 6.07) is 22.6. The van der Waals surface area contributed by atoms with Gasteiger partial charge in [-0.2, -0.15) is 13.2 Å². The molecule has 1 fully saturated rings. The first-order chi connectivity index (χ1) is 18.2. The molecule has 4 aromatic carbocycles. The number of alkyl halides is 3. The van der Waals surface area contributed by atoms with E-state index >= 15 is 0 Å². The lowest BCUT2D eigenvalue weighted by Crippen LogP contribution is -2.29. The molecule has 4 aromatic rings. The minimum absolute atomic E-state index is 0.0281. The summed E-state index contributed by atoms with van der Waals surface area (Å²) >= 11 is 6.68. The summed E-state index contributed by atoms with van der Waals surface area (Å²) in [5, 5.41) is 6.68. The highest BCUT2D eigenvalue weighted by Gasteiger charge is 2.32. The summed E-state index contributed by atoms with van der Waals surface area (Å²) in [7, 11) is 0. The summed E-state index contributed by atoms with van der Waals surface area (Å²) < 4.78 is 39.1. The molecule has 4 nitrogen and oxygen atoms in total. The second-order valence-electron chi connectivity index (χ2n) is 8.80. The standard InChI is InChI=1S/C29H21F3N2O2S2/c30-29(31,32)20-9-5-10-21(16-20)33-26(35)13-6-14-34-27(36)25(38-28(34)37)17-24-22-11-3-1-7-18(22)15-19-8-2-4-12-23(19)24/h1-5,7-12,15-17H,6,13-14H2,(H,33,35)/b25-17-. The van der Waals surface area contributed by atoms with E-state index in [1.165, 1.54) is 28.8 Å². The highest BCUT2D eigenvalue weighted by molar-refractivity contribution is 8.26. The number of amides is 2. The van der Waals surface area contributed by atoms with E-state index in [4.69, 9.17) is 12.2 Å². The van der Waals surface area contributed by atoms with Crippen LogP contribution in [0.25, 0.3) is 27.6 Å². The highest BCUT2D eigenvalue weighted by atomic mass is 32.2. The van der Waals surface area contributed by atoms with Gasteiger partial charge in [0.05, 0.1) is 10.5 Å². The van der Waals surface area contributed by atoms with Crippen molar-refractivity contribution in [2.45, 2.75) is 19.0 Å². The van der Waals surface area contributed by atoms with Crippen LogP contribution >= 0.6 is 24.0 Å². The fourth-order valence-electron chi connectivity index (χ4n) is 4.42. The molecular weight excluding hydrogens is 529 g/mol. The molecule has 0 spiro atoms. The van der Waals surface area contributed by atoms with Crippen LogP contribution in [0.4, 0.5) is 18.9 Å². The summed E-state index contributed by atoms with van der Waals surface area (Å²) in [6.45, 7) is 0.230. The first-order valence-corrected chi connectivity index (χ1v) is 13.1. The van der Waals surface area contributed by atoms with Gasteiger partial charge < -0.3 is 5.32 Å². The molecular formula is C29H21F3N2O2S2. The number of fused-ring (bicyclic) bond motifs is 2. The van der Waals surface area contributed by atoms with Crippen LogP contribution in [0.3, 0.4) is 0 Å². The molecule has 2 amide bonds. The molecule has 192 valence electrons. The molecule has 1 saturated heterocycles. The molecule has 38 heavy (non-hydrogen) atoms. The summed E-state index contributed by atoms with van der Waals surface area (Å²) in [5.41, 5.74) is 0.180. The Morgan fingerprint density at radius 3 is 2.26 bits per heavy atom. The Kier molecular flexibility index (Phi) is 7.23. The van der Waals surface area contributed by atoms with E-state index in [0.717, 1.165) is 39.2 Å². The van der Waals surface area contributed by atoms with Crippen molar-refractivity contribution in [2.75, 3.05) is 11.9 Å². The van der Waals surface area contributed by atoms with Gasteiger partial charge in [-0.25, -0.2) is 0 Å². The number of thiocarbonyl (C=S) groups is 1. The lowest BCUT2D eigenvalue weighted by molar-refractivity contribution is -0.137. The van der Waals surface area contributed by atoms with Crippen molar-refractivity contribution in [1.29, 1.82) is 0 Å². The van der Waals surface area contributed by atoms with Gasteiger partial charge in [0.2, 0.25) is 5.91 Å². The second kappa shape index (κ2) is 10.6. The summed E-state index contributed by atoms with van der Waals surface area (Å²) in [6.07, 6.45) is -2.28. The fraction of sp³-hybridized carbons (Fsp3) is 0.138. The van der Waals surface area contributed by atoms with Gasteiger partial charge >= 0.3 is 6.18 Å². The first-order valence-electron chi connectivity index (χ1n) is 11.8. The number of benzene rings is 4. The van der Waals surface area contributed by atoms with E-state index in [-0.39, 0.29) is 24.6 Å². The van der Waals surface area contributed by atoms with Gasteiger partial charge in [-0.1, -0.05) is 78.6 Å². The predicted octanol–water partition coefficient (Wildman–Crippen LogP) is 7.63. The third-order valence-corrected chi connectivity index (χ3v) is 7.60. The predicted molar refractivity (Wildman–Crippen MR) is 151 cm³/mol. The third kappa shape index (κ3) is 5.44. The molecule has 5 rings (SSSR count). The number of hydrogen-bond donors (Lipinski definition) is 1. The average molecular weight is 551 g/mol. The fourth-order valence-corrected chi connectivity index (χ4v) is 5.71. The van der Waals surface area contributed by atoms with Crippen molar-refractivity contribution in [3.8, 4) is 0 Å². The van der Waals surface area contributed by atoms with E-state index in [9.17, 15) is 22.8 Å². The zero-order chi connectivity index (χ0) is 26.9.